The van der Waals surface area contributed by atoms with Crippen molar-refractivity contribution >= 4 is 47.4 Å². The number of hydrogen-bond donors (Lipinski definition) is 0. The molecule has 5 atom stereocenters. The van der Waals surface area contributed by atoms with Crippen molar-refractivity contribution in [2.75, 3.05) is 5.75 Å². The van der Waals surface area contributed by atoms with Gasteiger partial charge in [-0.2, -0.15) is 0 Å². The van der Waals surface area contributed by atoms with E-state index in [1.54, 1.807) is 10.0 Å². The van der Waals surface area contributed by atoms with E-state index in [2.05, 4.69) is 11.4 Å². The summed E-state index contributed by atoms with van der Waals surface area (Å²) in [6, 6.07) is 0. The van der Waals surface area contributed by atoms with Crippen molar-refractivity contribution in [3.63, 3.8) is 0 Å². The normalized spacial score (nSPS) is 27.6. The summed E-state index contributed by atoms with van der Waals surface area (Å²) in [6.45, 7) is 4.73. The van der Waals surface area contributed by atoms with E-state index in [-0.39, 0.29) is 0 Å². The zero-order valence-electron chi connectivity index (χ0n) is 16.1. The van der Waals surface area contributed by atoms with Crippen molar-refractivity contribution in [3.05, 3.63) is 0 Å². The van der Waals surface area contributed by atoms with E-state index in [1.165, 1.54) is 20.8 Å². The Balaban J connectivity index is 3.27. The number of ether oxygens (including phenoxy) is 5. The summed E-state index contributed by atoms with van der Waals surface area (Å²) < 4.78 is 26.8. The number of carbonyl (C=O) groups is 4. The summed E-state index contributed by atoms with van der Waals surface area (Å²) in [7, 11) is 1.67. The van der Waals surface area contributed by atoms with E-state index in [9.17, 15) is 19.2 Å². The standard InChI is InChI=1S/C16H25AsO9S/c1-8(18)22-13-12(7-27-17(5)6)26-16(25-11(4)21)15(24-10(3)20)14(13)23-9(2)19/h12-16H,7H2,1-6H3/t12-,13-,14+,15-,16?/m1/s1. The van der Waals surface area contributed by atoms with Crippen LogP contribution < -0.4 is 0 Å². The number of hydrogen-bond acceptors (Lipinski definition) is 10. The van der Waals surface area contributed by atoms with Gasteiger partial charge in [-0.15, -0.1) is 0 Å². The van der Waals surface area contributed by atoms with Gasteiger partial charge in [-0.1, -0.05) is 0 Å². The molecule has 1 heterocycles. The van der Waals surface area contributed by atoms with Crippen LogP contribution in [0.3, 0.4) is 0 Å². The molecule has 27 heavy (non-hydrogen) atoms. The first kappa shape index (κ1) is 23.8. The second-order valence-corrected chi connectivity index (χ2v) is 15.4. The first-order chi connectivity index (χ1) is 12.5. The van der Waals surface area contributed by atoms with Gasteiger partial charge < -0.3 is 0 Å². The Morgan fingerprint density at radius 3 is 1.67 bits per heavy atom. The molecule has 1 unspecified atom stereocenters. The number of rotatable bonds is 7. The average Bonchev–Trinajstić information content (AvgIpc) is 2.49. The van der Waals surface area contributed by atoms with Crippen molar-refractivity contribution in [2.24, 2.45) is 0 Å². The van der Waals surface area contributed by atoms with Gasteiger partial charge in [0.15, 0.2) is 0 Å². The first-order valence-electron chi connectivity index (χ1n) is 8.15. The molecule has 11 heteroatoms. The second-order valence-electron chi connectivity index (χ2n) is 5.98. The quantitative estimate of drug-likeness (QED) is 0.305. The van der Waals surface area contributed by atoms with E-state index in [4.69, 9.17) is 23.7 Å². The molecule has 1 aliphatic heterocycles. The van der Waals surface area contributed by atoms with Gasteiger partial charge in [0.2, 0.25) is 0 Å². The van der Waals surface area contributed by atoms with Crippen molar-refractivity contribution in [2.45, 2.75) is 69.8 Å². The molecule has 0 aromatic rings. The van der Waals surface area contributed by atoms with Crippen LogP contribution in [0.2, 0.25) is 11.4 Å². The van der Waals surface area contributed by atoms with Crippen LogP contribution in [0.5, 0.6) is 0 Å². The summed E-state index contributed by atoms with van der Waals surface area (Å²) in [4.78, 5) is 46.2. The Kier molecular flexibility index (Phi) is 9.62. The zero-order valence-corrected chi connectivity index (χ0v) is 18.8. The van der Waals surface area contributed by atoms with Crippen molar-refractivity contribution in [3.8, 4) is 0 Å². The first-order valence-corrected chi connectivity index (χ1v) is 15.1. The van der Waals surface area contributed by atoms with Gasteiger partial charge in [-0.05, 0) is 0 Å². The predicted molar refractivity (Wildman–Crippen MR) is 97.0 cm³/mol. The van der Waals surface area contributed by atoms with Gasteiger partial charge in [-0.3, -0.25) is 0 Å². The van der Waals surface area contributed by atoms with Crippen molar-refractivity contribution < 1.29 is 42.9 Å². The molecule has 0 spiro atoms. The topological polar surface area (TPSA) is 114 Å². The Bertz CT molecular complexity index is 568. The van der Waals surface area contributed by atoms with E-state index in [0.717, 1.165) is 6.92 Å². The molecule has 154 valence electrons. The SMILES string of the molecule is CC(=O)OC1O[C@H](CS[As](C)C)[C@@H](OC(C)=O)[C@H](OC(C)=O)[C@H]1OC(C)=O. The Labute approximate surface area is 166 Å². The maximum absolute atomic E-state index is 11.6. The van der Waals surface area contributed by atoms with Gasteiger partial charge in [0.1, 0.15) is 0 Å². The van der Waals surface area contributed by atoms with Crippen LogP contribution in [0.4, 0.5) is 0 Å². The minimum absolute atomic E-state index is 0.438. The fourth-order valence-corrected chi connectivity index (χ4v) is 5.98. The molecule has 0 radical (unpaired) electrons. The Morgan fingerprint density at radius 1 is 0.778 bits per heavy atom. The third-order valence-corrected chi connectivity index (χ3v) is 8.46. The van der Waals surface area contributed by atoms with Crippen LogP contribution in [0.1, 0.15) is 27.7 Å². The Morgan fingerprint density at radius 2 is 1.22 bits per heavy atom. The van der Waals surface area contributed by atoms with Gasteiger partial charge in [0.05, 0.1) is 0 Å². The van der Waals surface area contributed by atoms with Crippen molar-refractivity contribution in [1.82, 2.24) is 0 Å². The summed E-state index contributed by atoms with van der Waals surface area (Å²) in [6.07, 6.45) is -5.45. The second kappa shape index (κ2) is 10.9. The molecule has 0 aromatic carbocycles. The van der Waals surface area contributed by atoms with Crippen molar-refractivity contribution in [1.29, 1.82) is 0 Å². The third kappa shape index (κ3) is 8.11. The van der Waals surface area contributed by atoms with Crippen LogP contribution >= 0.6 is 10.0 Å². The molecule has 0 saturated carbocycles. The van der Waals surface area contributed by atoms with E-state index >= 15 is 0 Å². The molecule has 1 saturated heterocycles. The van der Waals surface area contributed by atoms with E-state index < -0.39 is 68.1 Å². The van der Waals surface area contributed by atoms with E-state index in [0.29, 0.717) is 5.75 Å². The maximum atomic E-state index is 11.6. The molecular weight excluding hydrogens is 443 g/mol. The fourth-order valence-electron chi connectivity index (χ4n) is 2.47. The Hall–Kier alpha value is -1.25. The molecule has 0 N–H and O–H groups in total. The number of esters is 4. The molecule has 0 bridgehead atoms. The molecule has 1 fully saturated rings. The molecule has 0 amide bonds. The molecule has 0 aromatic heterocycles. The molecule has 9 nitrogen and oxygen atoms in total. The molecule has 1 rings (SSSR count). The summed E-state index contributed by atoms with van der Waals surface area (Å²) in [5.41, 5.74) is 4.24. The van der Waals surface area contributed by atoms with Crippen LogP contribution in [0, 0.1) is 0 Å². The molecular formula is C16H25AsO9S. The summed E-state index contributed by atoms with van der Waals surface area (Å²) >= 11 is -1.11. The summed E-state index contributed by atoms with van der Waals surface area (Å²) in [5, 5.41) is 0. The van der Waals surface area contributed by atoms with E-state index in [1.807, 2.05) is 0 Å². The van der Waals surface area contributed by atoms with Gasteiger partial charge >= 0.3 is 166 Å². The average molecular weight is 468 g/mol. The fraction of sp³-hybridized carbons (Fsp3) is 0.750. The monoisotopic (exact) mass is 468 g/mol. The van der Waals surface area contributed by atoms with Gasteiger partial charge in [-0.25, -0.2) is 0 Å². The summed E-state index contributed by atoms with van der Waals surface area (Å²) in [5.74, 6) is -2.18. The van der Waals surface area contributed by atoms with Crippen LogP contribution in [0.25, 0.3) is 0 Å². The van der Waals surface area contributed by atoms with Crippen LogP contribution in [-0.4, -0.2) is 73.8 Å². The third-order valence-electron chi connectivity index (χ3n) is 3.28. The zero-order chi connectivity index (χ0) is 20.7. The predicted octanol–water partition coefficient (Wildman–Crippen LogP) is 1.05. The van der Waals surface area contributed by atoms with Gasteiger partial charge in [0.25, 0.3) is 0 Å². The van der Waals surface area contributed by atoms with Crippen LogP contribution in [-0.2, 0) is 42.9 Å². The minimum atomic E-state index is -1.29. The van der Waals surface area contributed by atoms with Crippen LogP contribution in [0.15, 0.2) is 0 Å². The molecule has 0 aliphatic carbocycles. The van der Waals surface area contributed by atoms with Gasteiger partial charge in [0, 0.05) is 0 Å². The number of carbonyl (C=O) groups excluding carboxylic acids is 4. The molecule has 1 aliphatic rings.